The number of primary amides is 1. The third-order valence-corrected chi connectivity index (χ3v) is 3.55. The number of nitrogens with two attached hydrogens (primary N) is 1. The summed E-state index contributed by atoms with van der Waals surface area (Å²) in [5, 5.41) is 6.83. The summed E-state index contributed by atoms with van der Waals surface area (Å²) >= 11 is 0. The number of hydrogen-bond donors (Lipinski definition) is 2. The molecule has 3 rings (SSSR count). The number of anilines is 1. The number of amides is 2. The Morgan fingerprint density at radius 3 is 2.58 bits per heavy atom. The van der Waals surface area contributed by atoms with Gasteiger partial charge in [-0.05, 0) is 23.8 Å². The Kier molecular flexibility index (Phi) is 4.11. The van der Waals surface area contributed by atoms with Crippen molar-refractivity contribution in [3.8, 4) is 0 Å². The van der Waals surface area contributed by atoms with Gasteiger partial charge < -0.3 is 15.6 Å². The van der Waals surface area contributed by atoms with E-state index in [4.69, 9.17) is 5.73 Å². The first kappa shape index (κ1) is 15.5. The minimum atomic E-state index is -0.567. The fraction of sp³-hybridized carbons (Fsp3) is 0.125. The Bertz CT molecular complexity index is 865. The number of nitrogens with zero attached hydrogens (tertiary/aromatic N) is 4. The average molecular weight is 324 g/mol. The first-order chi connectivity index (χ1) is 11.5. The summed E-state index contributed by atoms with van der Waals surface area (Å²) in [7, 11) is 1.68. The third kappa shape index (κ3) is 3.32. The zero-order valence-corrected chi connectivity index (χ0v) is 13.0. The van der Waals surface area contributed by atoms with Crippen molar-refractivity contribution in [1.82, 2.24) is 19.3 Å². The standard InChI is InChI=1S/C16H16N6O2/c1-21-8-12(15(17)23)6-14(21)16(24)20-13-4-2-11(3-5-13)7-22-10-18-9-19-22/h2-6,8-10H,7H2,1H3,(H2,17,23)(H,20,24). The zero-order valence-electron chi connectivity index (χ0n) is 13.0. The molecule has 0 saturated heterocycles. The number of nitrogens with one attached hydrogen (secondary N) is 1. The van der Waals surface area contributed by atoms with Crippen LogP contribution in [-0.4, -0.2) is 31.1 Å². The molecule has 0 spiro atoms. The van der Waals surface area contributed by atoms with Crippen LogP contribution in [-0.2, 0) is 13.6 Å². The molecular weight excluding hydrogens is 308 g/mol. The lowest BCUT2D eigenvalue weighted by atomic mass is 10.2. The third-order valence-electron chi connectivity index (χ3n) is 3.55. The lowest BCUT2D eigenvalue weighted by Gasteiger charge is -2.07. The lowest BCUT2D eigenvalue weighted by Crippen LogP contribution is -2.15. The number of hydrogen-bond acceptors (Lipinski definition) is 4. The van der Waals surface area contributed by atoms with E-state index in [1.165, 1.54) is 18.6 Å². The van der Waals surface area contributed by atoms with E-state index in [1.807, 2.05) is 24.3 Å². The lowest BCUT2D eigenvalue weighted by molar-refractivity contribution is 0.0998. The topological polar surface area (TPSA) is 108 Å². The van der Waals surface area contributed by atoms with Crippen molar-refractivity contribution in [2.24, 2.45) is 12.8 Å². The van der Waals surface area contributed by atoms with Gasteiger partial charge in [0.1, 0.15) is 18.3 Å². The van der Waals surface area contributed by atoms with Crippen molar-refractivity contribution < 1.29 is 9.59 Å². The van der Waals surface area contributed by atoms with Crippen LogP contribution in [0.15, 0.2) is 49.2 Å². The highest BCUT2D eigenvalue weighted by Crippen LogP contribution is 2.13. The highest BCUT2D eigenvalue weighted by molar-refractivity contribution is 6.05. The SMILES string of the molecule is Cn1cc(C(N)=O)cc1C(=O)Nc1ccc(Cn2cncn2)cc1. The molecule has 0 aliphatic carbocycles. The summed E-state index contributed by atoms with van der Waals surface area (Å²) in [6.45, 7) is 0.605. The van der Waals surface area contributed by atoms with Crippen LogP contribution in [0.1, 0.15) is 26.4 Å². The molecule has 2 aromatic heterocycles. The Balaban J connectivity index is 1.69. The molecule has 0 saturated carbocycles. The molecule has 0 atom stereocenters. The number of carbonyl (C=O) groups is 2. The Morgan fingerprint density at radius 2 is 2.00 bits per heavy atom. The smallest absolute Gasteiger partial charge is 0.272 e. The summed E-state index contributed by atoms with van der Waals surface area (Å²) in [5.74, 6) is -0.879. The second-order valence-electron chi connectivity index (χ2n) is 5.33. The van der Waals surface area contributed by atoms with Crippen molar-refractivity contribution in [3.05, 3.63) is 66.0 Å². The molecule has 3 aromatic rings. The first-order valence-electron chi connectivity index (χ1n) is 7.22. The maximum absolute atomic E-state index is 12.3. The second-order valence-corrected chi connectivity index (χ2v) is 5.33. The molecule has 2 amide bonds. The quantitative estimate of drug-likeness (QED) is 0.730. The van der Waals surface area contributed by atoms with Crippen LogP contribution in [0.4, 0.5) is 5.69 Å². The summed E-state index contributed by atoms with van der Waals surface area (Å²) in [5.41, 5.74) is 7.57. The van der Waals surface area contributed by atoms with Crippen molar-refractivity contribution in [1.29, 1.82) is 0 Å². The van der Waals surface area contributed by atoms with Gasteiger partial charge in [-0.2, -0.15) is 5.10 Å². The van der Waals surface area contributed by atoms with Crippen molar-refractivity contribution >= 4 is 17.5 Å². The van der Waals surface area contributed by atoms with Gasteiger partial charge in [0.25, 0.3) is 5.91 Å². The monoisotopic (exact) mass is 324 g/mol. The zero-order chi connectivity index (χ0) is 17.1. The molecule has 0 unspecified atom stereocenters. The maximum atomic E-state index is 12.3. The fourth-order valence-electron chi connectivity index (χ4n) is 2.32. The van der Waals surface area contributed by atoms with E-state index in [1.54, 1.807) is 22.6 Å². The molecule has 0 radical (unpaired) electrons. The Labute approximate surface area is 137 Å². The van der Waals surface area contributed by atoms with Crippen LogP contribution in [0, 0.1) is 0 Å². The van der Waals surface area contributed by atoms with Gasteiger partial charge in [0, 0.05) is 18.9 Å². The van der Waals surface area contributed by atoms with Crippen LogP contribution in [0.3, 0.4) is 0 Å². The van der Waals surface area contributed by atoms with E-state index in [0.29, 0.717) is 23.5 Å². The first-order valence-corrected chi connectivity index (χ1v) is 7.22. The van der Waals surface area contributed by atoms with Gasteiger partial charge in [-0.25, -0.2) is 9.67 Å². The maximum Gasteiger partial charge on any atom is 0.272 e. The van der Waals surface area contributed by atoms with Gasteiger partial charge in [-0.1, -0.05) is 12.1 Å². The molecule has 1 aromatic carbocycles. The summed E-state index contributed by atoms with van der Waals surface area (Å²) in [6.07, 6.45) is 4.65. The van der Waals surface area contributed by atoms with Gasteiger partial charge in [0.05, 0.1) is 12.1 Å². The van der Waals surface area contributed by atoms with E-state index in [0.717, 1.165) is 5.56 Å². The van der Waals surface area contributed by atoms with Gasteiger partial charge in [0.15, 0.2) is 0 Å². The molecule has 0 aliphatic rings. The van der Waals surface area contributed by atoms with Gasteiger partial charge in [0.2, 0.25) is 5.91 Å². The number of rotatable bonds is 5. The van der Waals surface area contributed by atoms with Crippen LogP contribution in [0.5, 0.6) is 0 Å². The van der Waals surface area contributed by atoms with Crippen molar-refractivity contribution in [3.63, 3.8) is 0 Å². The summed E-state index contributed by atoms with van der Waals surface area (Å²) < 4.78 is 3.28. The molecule has 24 heavy (non-hydrogen) atoms. The van der Waals surface area contributed by atoms with Crippen LogP contribution < -0.4 is 11.1 Å². The van der Waals surface area contributed by atoms with Crippen LogP contribution >= 0.6 is 0 Å². The second kappa shape index (κ2) is 6.37. The molecule has 2 heterocycles. The summed E-state index contributed by atoms with van der Waals surface area (Å²) in [6, 6.07) is 8.88. The normalized spacial score (nSPS) is 10.5. The minimum absolute atomic E-state index is 0.297. The van der Waals surface area contributed by atoms with Crippen LogP contribution in [0.25, 0.3) is 0 Å². The van der Waals surface area contributed by atoms with E-state index in [2.05, 4.69) is 15.4 Å². The molecule has 3 N–H and O–H groups in total. The predicted molar refractivity (Wildman–Crippen MR) is 87.5 cm³/mol. The van der Waals surface area contributed by atoms with E-state index in [9.17, 15) is 9.59 Å². The molecule has 8 nitrogen and oxygen atoms in total. The molecular formula is C16H16N6O2. The minimum Gasteiger partial charge on any atom is -0.366 e. The molecule has 0 fully saturated rings. The number of carbonyl (C=O) groups excluding carboxylic acids is 2. The van der Waals surface area contributed by atoms with E-state index < -0.39 is 5.91 Å². The number of benzene rings is 1. The molecule has 122 valence electrons. The van der Waals surface area contributed by atoms with E-state index >= 15 is 0 Å². The summed E-state index contributed by atoms with van der Waals surface area (Å²) in [4.78, 5) is 27.4. The number of aromatic nitrogens is 4. The fourth-order valence-corrected chi connectivity index (χ4v) is 2.32. The van der Waals surface area contributed by atoms with Crippen molar-refractivity contribution in [2.45, 2.75) is 6.54 Å². The predicted octanol–water partition coefficient (Wildman–Crippen LogP) is 1.02. The molecule has 8 heteroatoms. The highest BCUT2D eigenvalue weighted by Gasteiger charge is 2.14. The van der Waals surface area contributed by atoms with Crippen molar-refractivity contribution in [2.75, 3.05) is 5.32 Å². The van der Waals surface area contributed by atoms with Gasteiger partial charge in [-0.15, -0.1) is 0 Å². The number of aryl methyl sites for hydroxylation is 1. The van der Waals surface area contributed by atoms with Gasteiger partial charge >= 0.3 is 0 Å². The average Bonchev–Trinajstić information content (AvgIpc) is 3.18. The largest absolute Gasteiger partial charge is 0.366 e. The molecule has 0 aliphatic heterocycles. The van der Waals surface area contributed by atoms with Crippen LogP contribution in [0.2, 0.25) is 0 Å². The molecule has 0 bridgehead atoms. The van der Waals surface area contributed by atoms with E-state index in [-0.39, 0.29) is 5.91 Å². The highest BCUT2D eigenvalue weighted by atomic mass is 16.2. The Morgan fingerprint density at radius 1 is 1.25 bits per heavy atom. The Hall–Kier alpha value is -3.42. The van der Waals surface area contributed by atoms with Gasteiger partial charge in [-0.3, -0.25) is 9.59 Å².